The molecule has 0 bridgehead atoms. The summed E-state index contributed by atoms with van der Waals surface area (Å²) in [6.45, 7) is 6.10. The highest BCUT2D eigenvalue weighted by atomic mass is 79.9. The fraction of sp³-hybridized carbons (Fsp3) is 0.400. The molecule has 0 saturated heterocycles. The Bertz CT molecular complexity index is 269. The molecule has 0 unspecified atom stereocenters. The maximum atomic E-state index is 5.55. The molecule has 0 N–H and O–H groups in total. The number of hydrogen-bond donors (Lipinski definition) is 0. The lowest BCUT2D eigenvalue weighted by atomic mass is 10.2. The number of aryl methyl sites for hydroxylation is 1. The van der Waals surface area contributed by atoms with E-state index in [1.54, 1.807) is 0 Å². The largest absolute Gasteiger partial charge is 0.490 e. The van der Waals surface area contributed by atoms with Gasteiger partial charge in [0.1, 0.15) is 5.75 Å². The van der Waals surface area contributed by atoms with Crippen molar-refractivity contribution in [1.29, 1.82) is 0 Å². The molecule has 2 heteroatoms. The zero-order valence-corrected chi connectivity index (χ0v) is 9.18. The van der Waals surface area contributed by atoms with Gasteiger partial charge in [-0.2, -0.15) is 0 Å². The van der Waals surface area contributed by atoms with Crippen LogP contribution in [0.3, 0.4) is 0 Å². The summed E-state index contributed by atoms with van der Waals surface area (Å²) >= 11 is 3.45. The van der Waals surface area contributed by atoms with Crippen LogP contribution in [0, 0.1) is 6.92 Å². The Morgan fingerprint density at radius 2 is 2.00 bits per heavy atom. The molecule has 0 aliphatic heterocycles. The van der Waals surface area contributed by atoms with E-state index in [0.717, 1.165) is 10.2 Å². The molecule has 0 heterocycles. The van der Waals surface area contributed by atoms with Gasteiger partial charge in [0, 0.05) is 0 Å². The van der Waals surface area contributed by atoms with Gasteiger partial charge >= 0.3 is 0 Å². The van der Waals surface area contributed by atoms with E-state index in [0.29, 0.717) is 0 Å². The highest BCUT2D eigenvalue weighted by Crippen LogP contribution is 2.26. The molecule has 0 spiro atoms. The van der Waals surface area contributed by atoms with Crippen molar-refractivity contribution in [3.05, 3.63) is 28.2 Å². The van der Waals surface area contributed by atoms with Crippen LogP contribution in [-0.2, 0) is 0 Å². The predicted molar refractivity (Wildman–Crippen MR) is 54.6 cm³/mol. The van der Waals surface area contributed by atoms with Gasteiger partial charge in [-0.05, 0) is 54.4 Å². The number of rotatable bonds is 2. The lowest BCUT2D eigenvalue weighted by molar-refractivity contribution is 0.241. The number of ether oxygens (including phenoxy) is 1. The Kier molecular flexibility index (Phi) is 3.15. The van der Waals surface area contributed by atoms with Gasteiger partial charge in [0.25, 0.3) is 0 Å². The smallest absolute Gasteiger partial charge is 0.133 e. The fourth-order valence-corrected chi connectivity index (χ4v) is 1.54. The molecule has 66 valence electrons. The van der Waals surface area contributed by atoms with Crippen LogP contribution < -0.4 is 4.74 Å². The quantitative estimate of drug-likeness (QED) is 0.753. The third kappa shape index (κ3) is 2.52. The Hall–Kier alpha value is -0.500. The van der Waals surface area contributed by atoms with Crippen molar-refractivity contribution < 1.29 is 4.74 Å². The van der Waals surface area contributed by atoms with Gasteiger partial charge in [0.15, 0.2) is 0 Å². The van der Waals surface area contributed by atoms with Crippen LogP contribution in [0.15, 0.2) is 22.7 Å². The monoisotopic (exact) mass is 228 g/mol. The second kappa shape index (κ2) is 3.94. The molecule has 1 nitrogen and oxygen atoms in total. The van der Waals surface area contributed by atoms with Gasteiger partial charge in [0.05, 0.1) is 10.6 Å². The van der Waals surface area contributed by atoms with Gasteiger partial charge in [-0.3, -0.25) is 0 Å². The molecular weight excluding hydrogens is 216 g/mol. The van der Waals surface area contributed by atoms with Crippen molar-refractivity contribution in [2.75, 3.05) is 0 Å². The zero-order chi connectivity index (χ0) is 9.14. The standard InChI is InChI=1S/C10H13BrO/c1-7(2)12-10-5-4-8(3)6-9(10)11/h4-7H,1-3H3. The minimum absolute atomic E-state index is 0.226. The number of halogens is 1. The van der Waals surface area contributed by atoms with E-state index in [1.165, 1.54) is 5.56 Å². The second-order valence-electron chi connectivity index (χ2n) is 3.10. The van der Waals surface area contributed by atoms with Crippen LogP contribution in [0.1, 0.15) is 19.4 Å². The van der Waals surface area contributed by atoms with Crippen LogP contribution in [0.25, 0.3) is 0 Å². The number of benzene rings is 1. The van der Waals surface area contributed by atoms with Crippen molar-refractivity contribution in [3.63, 3.8) is 0 Å². The van der Waals surface area contributed by atoms with E-state index < -0.39 is 0 Å². The molecule has 1 rings (SSSR count). The normalized spacial score (nSPS) is 10.4. The average Bonchev–Trinajstić information content (AvgIpc) is 1.94. The van der Waals surface area contributed by atoms with Crippen LogP contribution in [0.2, 0.25) is 0 Å². The lowest BCUT2D eigenvalue weighted by Crippen LogP contribution is -2.05. The van der Waals surface area contributed by atoms with E-state index >= 15 is 0 Å². The first-order valence-electron chi connectivity index (χ1n) is 4.02. The summed E-state index contributed by atoms with van der Waals surface area (Å²) < 4.78 is 6.58. The van der Waals surface area contributed by atoms with E-state index in [2.05, 4.69) is 28.9 Å². The summed E-state index contributed by atoms with van der Waals surface area (Å²) in [5.74, 6) is 0.913. The SMILES string of the molecule is Cc1ccc(OC(C)C)c(Br)c1. The first-order chi connectivity index (χ1) is 5.59. The molecule has 0 aliphatic carbocycles. The summed E-state index contributed by atoms with van der Waals surface area (Å²) in [5, 5.41) is 0. The molecular formula is C10H13BrO. The summed E-state index contributed by atoms with van der Waals surface area (Å²) in [4.78, 5) is 0. The average molecular weight is 229 g/mol. The summed E-state index contributed by atoms with van der Waals surface area (Å²) in [5.41, 5.74) is 1.23. The van der Waals surface area contributed by atoms with Crippen molar-refractivity contribution >= 4 is 15.9 Å². The summed E-state index contributed by atoms with van der Waals surface area (Å²) in [7, 11) is 0. The molecule has 0 atom stereocenters. The molecule has 0 fully saturated rings. The molecule has 0 amide bonds. The summed E-state index contributed by atoms with van der Waals surface area (Å²) in [6.07, 6.45) is 0.226. The van der Waals surface area contributed by atoms with Crippen molar-refractivity contribution in [3.8, 4) is 5.75 Å². The van der Waals surface area contributed by atoms with E-state index in [1.807, 2.05) is 26.0 Å². The number of hydrogen-bond acceptors (Lipinski definition) is 1. The van der Waals surface area contributed by atoms with Crippen molar-refractivity contribution in [2.24, 2.45) is 0 Å². The van der Waals surface area contributed by atoms with Crippen LogP contribution in [0.5, 0.6) is 5.75 Å². The first-order valence-corrected chi connectivity index (χ1v) is 4.81. The van der Waals surface area contributed by atoms with E-state index in [-0.39, 0.29) is 6.10 Å². The lowest BCUT2D eigenvalue weighted by Gasteiger charge is -2.11. The summed E-state index contributed by atoms with van der Waals surface area (Å²) in [6, 6.07) is 6.08. The van der Waals surface area contributed by atoms with Gasteiger partial charge in [0.2, 0.25) is 0 Å². The predicted octanol–water partition coefficient (Wildman–Crippen LogP) is 3.54. The zero-order valence-electron chi connectivity index (χ0n) is 7.60. The third-order valence-electron chi connectivity index (χ3n) is 1.45. The topological polar surface area (TPSA) is 9.23 Å². The fourth-order valence-electron chi connectivity index (χ4n) is 0.955. The van der Waals surface area contributed by atoms with Crippen LogP contribution in [-0.4, -0.2) is 6.10 Å². The van der Waals surface area contributed by atoms with Gasteiger partial charge in [-0.1, -0.05) is 6.07 Å². The van der Waals surface area contributed by atoms with Crippen LogP contribution >= 0.6 is 15.9 Å². The minimum atomic E-state index is 0.226. The van der Waals surface area contributed by atoms with Crippen molar-refractivity contribution in [1.82, 2.24) is 0 Å². The maximum Gasteiger partial charge on any atom is 0.133 e. The maximum absolute atomic E-state index is 5.55. The van der Waals surface area contributed by atoms with E-state index in [4.69, 9.17) is 4.74 Å². The van der Waals surface area contributed by atoms with Crippen molar-refractivity contribution in [2.45, 2.75) is 26.9 Å². The van der Waals surface area contributed by atoms with E-state index in [9.17, 15) is 0 Å². The Balaban J connectivity index is 2.86. The molecule has 0 radical (unpaired) electrons. The molecule has 12 heavy (non-hydrogen) atoms. The minimum Gasteiger partial charge on any atom is -0.490 e. The third-order valence-corrected chi connectivity index (χ3v) is 2.07. The van der Waals surface area contributed by atoms with Crippen LogP contribution in [0.4, 0.5) is 0 Å². The Morgan fingerprint density at radius 3 is 2.50 bits per heavy atom. The highest BCUT2D eigenvalue weighted by Gasteiger charge is 2.02. The van der Waals surface area contributed by atoms with Gasteiger partial charge in [-0.15, -0.1) is 0 Å². The molecule has 0 saturated carbocycles. The first kappa shape index (κ1) is 9.59. The molecule has 1 aromatic carbocycles. The Labute approximate surface area is 81.9 Å². The molecule has 1 aromatic rings. The highest BCUT2D eigenvalue weighted by molar-refractivity contribution is 9.10. The van der Waals surface area contributed by atoms with Gasteiger partial charge < -0.3 is 4.74 Å². The molecule has 0 aromatic heterocycles. The molecule has 0 aliphatic rings. The Morgan fingerprint density at radius 1 is 1.33 bits per heavy atom. The second-order valence-corrected chi connectivity index (χ2v) is 3.95. The van der Waals surface area contributed by atoms with Gasteiger partial charge in [-0.25, -0.2) is 0 Å².